The molecule has 0 aliphatic carbocycles. The third kappa shape index (κ3) is 4.93. The molecule has 0 spiro atoms. The van der Waals surface area contributed by atoms with Crippen molar-refractivity contribution < 1.29 is 4.74 Å². The number of aromatic nitrogens is 3. The third-order valence-electron chi connectivity index (χ3n) is 2.63. The molecule has 0 saturated carbocycles. The zero-order valence-electron chi connectivity index (χ0n) is 12.9. The standard InChI is InChI=1S/C15H11ClN4O.C2H6/c16-14-15(19-10-9-18-14)21-12-6-4-11(5-7-12)20-13-3-1-2-8-17-13;1-2/h1-10H,(H,17,20);1-2H3. The van der Waals surface area contributed by atoms with Gasteiger partial charge in [-0.3, -0.25) is 0 Å². The third-order valence-corrected chi connectivity index (χ3v) is 2.89. The van der Waals surface area contributed by atoms with Crippen molar-refractivity contribution >= 4 is 23.1 Å². The number of nitrogens with zero attached hydrogens (tertiary/aromatic N) is 3. The molecule has 0 atom stereocenters. The summed E-state index contributed by atoms with van der Waals surface area (Å²) in [5.74, 6) is 1.69. The normalized spacial score (nSPS) is 9.52. The fourth-order valence-corrected chi connectivity index (χ4v) is 1.82. The van der Waals surface area contributed by atoms with E-state index in [-0.39, 0.29) is 11.0 Å². The maximum atomic E-state index is 5.89. The van der Waals surface area contributed by atoms with Gasteiger partial charge in [-0.2, -0.15) is 0 Å². The molecule has 0 aliphatic rings. The number of pyridine rings is 1. The van der Waals surface area contributed by atoms with Crippen LogP contribution in [0.5, 0.6) is 11.6 Å². The lowest BCUT2D eigenvalue weighted by molar-refractivity contribution is 0.460. The first-order valence-electron chi connectivity index (χ1n) is 7.24. The minimum Gasteiger partial charge on any atom is -0.436 e. The first-order chi connectivity index (χ1) is 11.3. The van der Waals surface area contributed by atoms with Gasteiger partial charge in [0.2, 0.25) is 0 Å². The van der Waals surface area contributed by atoms with Crippen molar-refractivity contribution in [2.75, 3.05) is 5.32 Å². The highest BCUT2D eigenvalue weighted by Crippen LogP contribution is 2.26. The molecule has 0 amide bonds. The first kappa shape index (κ1) is 16.7. The summed E-state index contributed by atoms with van der Waals surface area (Å²) in [6.45, 7) is 4.00. The number of benzene rings is 1. The van der Waals surface area contributed by atoms with E-state index in [1.165, 1.54) is 12.4 Å². The number of ether oxygens (including phenoxy) is 1. The minimum absolute atomic E-state index is 0.230. The summed E-state index contributed by atoms with van der Waals surface area (Å²) in [5, 5.41) is 3.42. The van der Waals surface area contributed by atoms with E-state index in [2.05, 4.69) is 20.3 Å². The van der Waals surface area contributed by atoms with Gasteiger partial charge in [-0.25, -0.2) is 15.0 Å². The van der Waals surface area contributed by atoms with E-state index < -0.39 is 0 Å². The Morgan fingerprint density at radius 3 is 2.26 bits per heavy atom. The Balaban J connectivity index is 0.000000924. The van der Waals surface area contributed by atoms with Gasteiger partial charge < -0.3 is 10.1 Å². The Hall–Kier alpha value is -2.66. The Morgan fingerprint density at radius 2 is 1.61 bits per heavy atom. The Bertz CT molecular complexity index is 720. The van der Waals surface area contributed by atoms with Crippen molar-refractivity contribution in [2.24, 2.45) is 0 Å². The van der Waals surface area contributed by atoms with Crippen LogP contribution in [0.15, 0.2) is 61.1 Å². The predicted octanol–water partition coefficient (Wildman–Crippen LogP) is 5.09. The molecule has 0 unspecified atom stereocenters. The SMILES string of the molecule is CC.Clc1nccnc1Oc1ccc(Nc2ccccn2)cc1. The van der Waals surface area contributed by atoms with E-state index in [1.54, 1.807) is 6.20 Å². The summed E-state index contributed by atoms with van der Waals surface area (Å²) in [4.78, 5) is 12.1. The lowest BCUT2D eigenvalue weighted by Gasteiger charge is -2.08. The summed E-state index contributed by atoms with van der Waals surface area (Å²) in [6, 6.07) is 13.1. The second kappa shape index (κ2) is 8.70. The molecular weight excluding hydrogens is 312 g/mol. The molecule has 23 heavy (non-hydrogen) atoms. The summed E-state index contributed by atoms with van der Waals surface area (Å²) < 4.78 is 5.57. The second-order valence-electron chi connectivity index (χ2n) is 4.12. The van der Waals surface area contributed by atoms with Gasteiger partial charge in [0.1, 0.15) is 11.6 Å². The van der Waals surface area contributed by atoms with Crippen LogP contribution in [0.1, 0.15) is 13.8 Å². The van der Waals surface area contributed by atoms with E-state index in [9.17, 15) is 0 Å². The molecule has 0 radical (unpaired) electrons. The van der Waals surface area contributed by atoms with Crippen LogP contribution in [0.3, 0.4) is 0 Å². The van der Waals surface area contributed by atoms with Crippen molar-refractivity contribution in [2.45, 2.75) is 13.8 Å². The Labute approximate surface area is 140 Å². The molecule has 2 heterocycles. The van der Waals surface area contributed by atoms with E-state index in [0.717, 1.165) is 11.5 Å². The molecule has 118 valence electrons. The Morgan fingerprint density at radius 1 is 0.870 bits per heavy atom. The largest absolute Gasteiger partial charge is 0.436 e. The molecule has 3 aromatic rings. The molecule has 0 bridgehead atoms. The zero-order chi connectivity index (χ0) is 16.5. The topological polar surface area (TPSA) is 59.9 Å². The number of hydrogen-bond acceptors (Lipinski definition) is 5. The van der Waals surface area contributed by atoms with Crippen LogP contribution in [0, 0.1) is 0 Å². The number of hydrogen-bond donors (Lipinski definition) is 1. The Kier molecular flexibility index (Phi) is 6.32. The maximum absolute atomic E-state index is 5.89. The fourth-order valence-electron chi connectivity index (χ4n) is 1.68. The highest BCUT2D eigenvalue weighted by molar-refractivity contribution is 6.30. The predicted molar refractivity (Wildman–Crippen MR) is 92.4 cm³/mol. The molecule has 5 nitrogen and oxygen atoms in total. The van der Waals surface area contributed by atoms with E-state index in [4.69, 9.17) is 16.3 Å². The number of halogens is 1. The van der Waals surface area contributed by atoms with Crippen LogP contribution >= 0.6 is 11.6 Å². The van der Waals surface area contributed by atoms with E-state index in [1.807, 2.05) is 56.3 Å². The van der Waals surface area contributed by atoms with Crippen LogP contribution in [0.25, 0.3) is 0 Å². The van der Waals surface area contributed by atoms with Gasteiger partial charge in [0.05, 0.1) is 0 Å². The van der Waals surface area contributed by atoms with E-state index >= 15 is 0 Å². The van der Waals surface area contributed by atoms with Gasteiger partial charge >= 0.3 is 0 Å². The maximum Gasteiger partial charge on any atom is 0.257 e. The molecule has 0 aliphatic heterocycles. The smallest absolute Gasteiger partial charge is 0.257 e. The van der Waals surface area contributed by atoms with Gasteiger partial charge in [-0.15, -0.1) is 0 Å². The average molecular weight is 329 g/mol. The number of nitrogens with one attached hydrogen (secondary N) is 1. The summed E-state index contributed by atoms with van der Waals surface area (Å²) in [5.41, 5.74) is 0.909. The summed E-state index contributed by atoms with van der Waals surface area (Å²) in [7, 11) is 0. The van der Waals surface area contributed by atoms with Gasteiger partial charge in [-0.05, 0) is 36.4 Å². The molecule has 1 N–H and O–H groups in total. The van der Waals surface area contributed by atoms with Crippen LogP contribution < -0.4 is 10.1 Å². The quantitative estimate of drug-likeness (QED) is 0.723. The molecule has 3 rings (SSSR count). The van der Waals surface area contributed by atoms with E-state index in [0.29, 0.717) is 5.75 Å². The number of rotatable bonds is 4. The highest BCUT2D eigenvalue weighted by Gasteiger charge is 2.05. The summed E-state index contributed by atoms with van der Waals surface area (Å²) in [6.07, 6.45) is 4.77. The van der Waals surface area contributed by atoms with Crippen molar-refractivity contribution in [3.8, 4) is 11.6 Å². The lowest BCUT2D eigenvalue weighted by Crippen LogP contribution is -1.93. The molecule has 0 saturated heterocycles. The second-order valence-corrected chi connectivity index (χ2v) is 4.48. The number of anilines is 2. The van der Waals surface area contributed by atoms with Crippen LogP contribution in [0.2, 0.25) is 5.15 Å². The van der Waals surface area contributed by atoms with Crippen LogP contribution in [0.4, 0.5) is 11.5 Å². The summed E-state index contributed by atoms with van der Waals surface area (Å²) >= 11 is 5.89. The van der Waals surface area contributed by atoms with Crippen molar-refractivity contribution in [1.29, 1.82) is 0 Å². The van der Waals surface area contributed by atoms with Crippen molar-refractivity contribution in [1.82, 2.24) is 15.0 Å². The highest BCUT2D eigenvalue weighted by atomic mass is 35.5. The van der Waals surface area contributed by atoms with Crippen LogP contribution in [-0.4, -0.2) is 15.0 Å². The fraction of sp³-hybridized carbons (Fsp3) is 0.118. The molecule has 0 fully saturated rings. The lowest BCUT2D eigenvalue weighted by atomic mass is 10.3. The van der Waals surface area contributed by atoms with Gasteiger partial charge in [0.25, 0.3) is 5.88 Å². The first-order valence-corrected chi connectivity index (χ1v) is 7.61. The monoisotopic (exact) mass is 328 g/mol. The van der Waals surface area contributed by atoms with Gasteiger partial charge in [0, 0.05) is 24.3 Å². The average Bonchev–Trinajstić information content (AvgIpc) is 2.61. The molecule has 1 aromatic carbocycles. The van der Waals surface area contributed by atoms with Gasteiger partial charge in [-0.1, -0.05) is 31.5 Å². The zero-order valence-corrected chi connectivity index (χ0v) is 13.7. The minimum atomic E-state index is 0.230. The van der Waals surface area contributed by atoms with Crippen molar-refractivity contribution in [3.05, 3.63) is 66.2 Å². The molecular formula is C17H17ClN4O. The van der Waals surface area contributed by atoms with Crippen LogP contribution in [-0.2, 0) is 0 Å². The van der Waals surface area contributed by atoms with Crippen molar-refractivity contribution in [3.63, 3.8) is 0 Å². The molecule has 2 aromatic heterocycles. The molecule has 6 heteroatoms. The van der Waals surface area contributed by atoms with Gasteiger partial charge in [0.15, 0.2) is 5.15 Å².